The van der Waals surface area contributed by atoms with Gasteiger partial charge in [0, 0.05) is 12.1 Å². The predicted molar refractivity (Wildman–Crippen MR) is 96.1 cm³/mol. The van der Waals surface area contributed by atoms with Crippen LogP contribution >= 0.6 is 11.6 Å². The lowest BCUT2D eigenvalue weighted by molar-refractivity contribution is -0.137. The minimum atomic E-state index is -4.73. The van der Waals surface area contributed by atoms with Crippen molar-refractivity contribution in [1.29, 1.82) is 0 Å². The van der Waals surface area contributed by atoms with Gasteiger partial charge < -0.3 is 9.30 Å². The Labute approximate surface area is 166 Å². The smallest absolute Gasteiger partial charge is 0.417 e. The number of benzene rings is 2. The summed E-state index contributed by atoms with van der Waals surface area (Å²) in [7, 11) is 0. The second-order valence-corrected chi connectivity index (χ2v) is 6.27. The van der Waals surface area contributed by atoms with Crippen LogP contribution in [0.3, 0.4) is 0 Å². The van der Waals surface area contributed by atoms with Gasteiger partial charge in [0.15, 0.2) is 0 Å². The molecule has 0 unspecified atom stereocenters. The van der Waals surface area contributed by atoms with Crippen molar-refractivity contribution < 1.29 is 26.7 Å². The quantitative estimate of drug-likeness (QED) is 0.520. The van der Waals surface area contributed by atoms with Crippen LogP contribution in [0.1, 0.15) is 11.1 Å². The average molecular weight is 431 g/mol. The highest BCUT2D eigenvalue weighted by Crippen LogP contribution is 2.39. The van der Waals surface area contributed by atoms with E-state index in [0.29, 0.717) is 5.56 Å². The van der Waals surface area contributed by atoms with E-state index in [1.807, 2.05) is 0 Å². The highest BCUT2D eigenvalue weighted by atomic mass is 35.5. The van der Waals surface area contributed by atoms with Crippen LogP contribution in [0.2, 0.25) is 5.02 Å². The van der Waals surface area contributed by atoms with Gasteiger partial charge in [-0.25, -0.2) is 0 Å². The van der Waals surface area contributed by atoms with E-state index >= 15 is 0 Å². The number of alkyl halides is 5. The summed E-state index contributed by atoms with van der Waals surface area (Å²) in [5, 5.41) is -0.656. The number of aromatic nitrogens is 2. The van der Waals surface area contributed by atoms with Gasteiger partial charge in [0.05, 0.1) is 16.8 Å². The van der Waals surface area contributed by atoms with Gasteiger partial charge in [-0.3, -0.25) is 4.79 Å². The molecule has 0 bridgehead atoms. The molecule has 0 aliphatic rings. The number of hydrogen-bond donors (Lipinski definition) is 0. The van der Waals surface area contributed by atoms with Crippen molar-refractivity contribution >= 4 is 11.6 Å². The van der Waals surface area contributed by atoms with Gasteiger partial charge in [0.1, 0.15) is 5.82 Å². The van der Waals surface area contributed by atoms with Crippen molar-refractivity contribution in [3.05, 3.63) is 81.2 Å². The van der Waals surface area contributed by atoms with Crippen LogP contribution in [-0.2, 0) is 12.7 Å². The molecule has 29 heavy (non-hydrogen) atoms. The molecule has 0 atom stereocenters. The Morgan fingerprint density at radius 1 is 1.07 bits per heavy atom. The zero-order valence-corrected chi connectivity index (χ0v) is 15.2. The molecule has 0 N–H and O–H groups in total. The number of nitrogens with zero attached hydrogens (tertiary/aromatic N) is 2. The monoisotopic (exact) mass is 430 g/mol. The van der Waals surface area contributed by atoms with Gasteiger partial charge >= 0.3 is 18.3 Å². The molecule has 3 rings (SSSR count). The molecule has 4 nitrogen and oxygen atoms in total. The van der Waals surface area contributed by atoms with Gasteiger partial charge in [-0.05, 0) is 17.7 Å². The molecule has 0 saturated heterocycles. The van der Waals surface area contributed by atoms with Crippen molar-refractivity contribution in [2.24, 2.45) is 0 Å². The number of ether oxygens (including phenoxy) is 1. The highest BCUT2D eigenvalue weighted by Gasteiger charge is 2.34. The van der Waals surface area contributed by atoms with Crippen molar-refractivity contribution in [3.63, 3.8) is 0 Å². The first-order valence-corrected chi connectivity index (χ1v) is 8.51. The van der Waals surface area contributed by atoms with Crippen LogP contribution in [0.25, 0.3) is 11.4 Å². The summed E-state index contributed by atoms with van der Waals surface area (Å²) in [6.07, 6.45) is -3.75. The molecule has 0 aliphatic heterocycles. The van der Waals surface area contributed by atoms with Crippen molar-refractivity contribution in [3.8, 4) is 17.1 Å². The molecule has 0 radical (unpaired) electrons. The minimum Gasteiger partial charge on any atom is -0.427 e. The summed E-state index contributed by atoms with van der Waals surface area (Å²) >= 11 is 5.95. The van der Waals surface area contributed by atoms with E-state index in [9.17, 15) is 26.7 Å². The van der Waals surface area contributed by atoms with Gasteiger partial charge in [0.2, 0.25) is 5.75 Å². The second kappa shape index (κ2) is 8.20. The second-order valence-electron chi connectivity index (χ2n) is 5.89. The molecule has 0 aliphatic carbocycles. The Kier molecular flexibility index (Phi) is 5.88. The normalized spacial score (nSPS) is 11.7. The third-order valence-electron chi connectivity index (χ3n) is 3.92. The van der Waals surface area contributed by atoms with Crippen LogP contribution in [-0.4, -0.2) is 16.2 Å². The summed E-state index contributed by atoms with van der Waals surface area (Å²) in [6.45, 7) is -3.24. The van der Waals surface area contributed by atoms with Gasteiger partial charge in [0.25, 0.3) is 0 Å². The summed E-state index contributed by atoms with van der Waals surface area (Å²) in [4.78, 5) is 15.8. The predicted octanol–water partition coefficient (Wildman–Crippen LogP) is 5.23. The molecule has 0 amide bonds. The Balaban J connectivity index is 2.20. The zero-order chi connectivity index (χ0) is 21.2. The first-order chi connectivity index (χ1) is 13.7. The molecular weight excluding hydrogens is 419 g/mol. The van der Waals surface area contributed by atoms with Crippen LogP contribution in [0.15, 0.2) is 59.5 Å². The number of halogens is 6. The minimum absolute atomic E-state index is 0.0234. The maximum absolute atomic E-state index is 13.2. The largest absolute Gasteiger partial charge is 0.427 e. The maximum Gasteiger partial charge on any atom is 0.417 e. The summed E-state index contributed by atoms with van der Waals surface area (Å²) in [5.74, 6) is -0.945. The molecular formula is C19H12ClF5N2O2. The van der Waals surface area contributed by atoms with E-state index in [1.54, 1.807) is 30.3 Å². The van der Waals surface area contributed by atoms with Gasteiger partial charge in [-0.15, -0.1) is 0 Å². The first-order valence-electron chi connectivity index (χ1n) is 8.13. The third-order valence-corrected chi connectivity index (χ3v) is 4.33. The Hall–Kier alpha value is -2.94. The van der Waals surface area contributed by atoms with E-state index in [-0.39, 0.29) is 17.9 Å². The lowest BCUT2D eigenvalue weighted by Crippen LogP contribution is -2.20. The average Bonchev–Trinajstić information content (AvgIpc) is 2.64. The number of rotatable bonds is 5. The Bertz CT molecular complexity index is 1070. The molecule has 1 heterocycles. The van der Waals surface area contributed by atoms with E-state index in [2.05, 4.69) is 9.72 Å². The Morgan fingerprint density at radius 3 is 2.38 bits per heavy atom. The number of hydrogen-bond acceptors (Lipinski definition) is 3. The molecule has 152 valence electrons. The summed E-state index contributed by atoms with van der Waals surface area (Å²) in [5.41, 5.74) is -1.74. The van der Waals surface area contributed by atoms with Crippen LogP contribution < -0.4 is 10.3 Å². The molecule has 0 fully saturated rings. The van der Waals surface area contributed by atoms with Crippen LogP contribution in [0.4, 0.5) is 22.0 Å². The standard InChI is InChI=1S/C19H12ClF5N2O2/c20-15-12(7-4-8-13(15)19(23,24)25)16-26-17(28)14(29-18(21)22)10-27(16)9-11-5-2-1-3-6-11/h1-8,10,18H,9H2. The summed E-state index contributed by atoms with van der Waals surface area (Å²) in [6, 6.07) is 11.8. The summed E-state index contributed by atoms with van der Waals surface area (Å²) < 4.78 is 70.2. The van der Waals surface area contributed by atoms with Crippen LogP contribution in [0.5, 0.6) is 5.75 Å². The SMILES string of the molecule is O=c1nc(-c2cccc(C(F)(F)F)c2Cl)n(Cc2ccccc2)cc1OC(F)F. The molecule has 0 spiro atoms. The molecule has 1 aromatic heterocycles. The molecule has 3 aromatic rings. The fraction of sp³-hybridized carbons (Fsp3) is 0.158. The third kappa shape index (κ3) is 4.73. The fourth-order valence-corrected chi connectivity index (χ4v) is 3.01. The lowest BCUT2D eigenvalue weighted by Gasteiger charge is -2.17. The van der Waals surface area contributed by atoms with Gasteiger partial charge in [-0.2, -0.15) is 26.9 Å². The van der Waals surface area contributed by atoms with Crippen molar-refractivity contribution in [2.75, 3.05) is 0 Å². The molecule has 2 aromatic carbocycles. The van der Waals surface area contributed by atoms with E-state index in [4.69, 9.17) is 11.6 Å². The first kappa shape index (κ1) is 20.8. The van der Waals surface area contributed by atoms with Crippen molar-refractivity contribution in [1.82, 2.24) is 9.55 Å². The maximum atomic E-state index is 13.2. The zero-order valence-electron chi connectivity index (χ0n) is 14.5. The van der Waals surface area contributed by atoms with E-state index in [0.717, 1.165) is 18.3 Å². The van der Waals surface area contributed by atoms with E-state index in [1.165, 1.54) is 10.6 Å². The van der Waals surface area contributed by atoms with Gasteiger partial charge in [-0.1, -0.05) is 48.0 Å². The van der Waals surface area contributed by atoms with Crippen molar-refractivity contribution in [2.45, 2.75) is 19.3 Å². The van der Waals surface area contributed by atoms with E-state index < -0.39 is 34.7 Å². The molecule has 10 heteroatoms. The highest BCUT2D eigenvalue weighted by molar-refractivity contribution is 6.34. The topological polar surface area (TPSA) is 44.1 Å². The van der Waals surface area contributed by atoms with Crippen LogP contribution in [0, 0.1) is 0 Å². The fourth-order valence-electron chi connectivity index (χ4n) is 2.69. The Morgan fingerprint density at radius 2 is 1.76 bits per heavy atom. The lowest BCUT2D eigenvalue weighted by atomic mass is 10.1. The molecule has 0 saturated carbocycles.